The van der Waals surface area contributed by atoms with E-state index in [1.807, 2.05) is 0 Å². The Morgan fingerprint density at radius 3 is 2.86 bits per heavy atom. The van der Waals surface area contributed by atoms with Crippen molar-refractivity contribution >= 4 is 0 Å². The molecule has 2 nitrogen and oxygen atoms in total. The third-order valence-electron chi connectivity index (χ3n) is 2.82. The van der Waals surface area contributed by atoms with Crippen LogP contribution in [0, 0.1) is 0 Å². The Hall–Kier alpha value is -0.340. The van der Waals surface area contributed by atoms with E-state index in [9.17, 15) is 0 Å². The normalized spacial score (nSPS) is 24.6. The van der Waals surface area contributed by atoms with Crippen molar-refractivity contribution < 1.29 is 4.74 Å². The molecule has 1 aliphatic rings. The molecular formula is C12H23NO. The zero-order valence-electron chi connectivity index (χ0n) is 9.51. The second-order valence-electron chi connectivity index (χ2n) is 4.18. The van der Waals surface area contributed by atoms with E-state index in [4.69, 9.17) is 4.74 Å². The van der Waals surface area contributed by atoms with Gasteiger partial charge < -0.3 is 10.1 Å². The summed E-state index contributed by atoms with van der Waals surface area (Å²) in [7, 11) is 0. The van der Waals surface area contributed by atoms with Crippen molar-refractivity contribution in [3.05, 3.63) is 12.2 Å². The van der Waals surface area contributed by atoms with E-state index in [0.717, 1.165) is 19.6 Å². The van der Waals surface area contributed by atoms with Gasteiger partial charge in [-0.25, -0.2) is 0 Å². The van der Waals surface area contributed by atoms with Crippen LogP contribution in [0.5, 0.6) is 0 Å². The molecule has 2 heteroatoms. The molecule has 0 aliphatic carbocycles. The quantitative estimate of drug-likeness (QED) is 0.684. The van der Waals surface area contributed by atoms with E-state index in [-0.39, 0.29) is 0 Å². The van der Waals surface area contributed by atoms with E-state index in [0.29, 0.717) is 12.1 Å². The van der Waals surface area contributed by atoms with Crippen LogP contribution >= 0.6 is 0 Å². The second-order valence-corrected chi connectivity index (χ2v) is 4.18. The Balaban J connectivity index is 2.33. The zero-order valence-corrected chi connectivity index (χ0v) is 9.51. The Morgan fingerprint density at radius 2 is 2.36 bits per heavy atom. The molecule has 1 heterocycles. The molecule has 82 valence electrons. The summed E-state index contributed by atoms with van der Waals surface area (Å²) in [4.78, 5) is 0. The summed E-state index contributed by atoms with van der Waals surface area (Å²) in [5.74, 6) is 0. The molecule has 1 rings (SSSR count). The Kier molecular flexibility index (Phi) is 5.20. The van der Waals surface area contributed by atoms with Gasteiger partial charge in [0.15, 0.2) is 0 Å². The maximum Gasteiger partial charge on any atom is 0.0593 e. The largest absolute Gasteiger partial charge is 0.378 e. The number of likely N-dealkylation sites (N-methyl/N-ethyl adjacent to an activating group) is 1. The molecule has 0 amide bonds. The number of rotatable bonds is 5. The smallest absolute Gasteiger partial charge is 0.0593 e. The molecule has 0 radical (unpaired) electrons. The number of ether oxygens (including phenoxy) is 1. The van der Waals surface area contributed by atoms with Gasteiger partial charge in [0.05, 0.1) is 6.10 Å². The van der Waals surface area contributed by atoms with Crippen LogP contribution in [0.3, 0.4) is 0 Å². The lowest BCUT2D eigenvalue weighted by Gasteiger charge is -2.27. The minimum absolute atomic E-state index is 0.433. The molecule has 1 aliphatic heterocycles. The average Bonchev–Trinajstić information content (AvgIpc) is 2.18. The van der Waals surface area contributed by atoms with Gasteiger partial charge in [0, 0.05) is 12.6 Å². The molecule has 0 saturated carbocycles. The fourth-order valence-electron chi connectivity index (χ4n) is 1.96. The third kappa shape index (κ3) is 3.81. The number of hydrogen-bond acceptors (Lipinski definition) is 2. The van der Waals surface area contributed by atoms with Gasteiger partial charge >= 0.3 is 0 Å². The molecule has 1 saturated heterocycles. The fourth-order valence-corrected chi connectivity index (χ4v) is 1.96. The minimum Gasteiger partial charge on any atom is -0.378 e. The zero-order chi connectivity index (χ0) is 10.4. The maximum absolute atomic E-state index is 5.72. The molecule has 0 aromatic rings. The third-order valence-corrected chi connectivity index (χ3v) is 2.82. The first-order chi connectivity index (χ1) is 6.74. The van der Waals surface area contributed by atoms with Crippen LogP contribution in [-0.2, 0) is 4.74 Å². The summed E-state index contributed by atoms with van der Waals surface area (Å²) in [5, 5.41) is 3.45. The number of nitrogens with one attached hydrogen (secondary N) is 1. The highest BCUT2D eigenvalue weighted by Gasteiger charge is 2.19. The van der Waals surface area contributed by atoms with Crippen LogP contribution < -0.4 is 5.32 Å². The minimum atomic E-state index is 0.433. The monoisotopic (exact) mass is 197 g/mol. The molecule has 0 spiro atoms. The molecule has 1 N–H and O–H groups in total. The summed E-state index contributed by atoms with van der Waals surface area (Å²) in [5.41, 5.74) is 1.22. The van der Waals surface area contributed by atoms with Crippen LogP contribution in [0.15, 0.2) is 12.2 Å². The molecule has 0 aromatic carbocycles. The van der Waals surface area contributed by atoms with Crippen LogP contribution in [-0.4, -0.2) is 25.3 Å². The highest BCUT2D eigenvalue weighted by Crippen LogP contribution is 2.19. The van der Waals surface area contributed by atoms with Crippen molar-refractivity contribution in [3.63, 3.8) is 0 Å². The van der Waals surface area contributed by atoms with Gasteiger partial charge in [-0.3, -0.25) is 0 Å². The molecule has 0 bridgehead atoms. The van der Waals surface area contributed by atoms with Crippen molar-refractivity contribution in [1.82, 2.24) is 5.32 Å². The first-order valence-corrected chi connectivity index (χ1v) is 5.74. The highest BCUT2D eigenvalue weighted by molar-refractivity contribution is 5.02. The van der Waals surface area contributed by atoms with Gasteiger partial charge in [0.2, 0.25) is 0 Å². The molecular weight excluding hydrogens is 174 g/mol. The first-order valence-electron chi connectivity index (χ1n) is 5.74. The number of hydrogen-bond donors (Lipinski definition) is 1. The van der Waals surface area contributed by atoms with Gasteiger partial charge in [0.1, 0.15) is 0 Å². The van der Waals surface area contributed by atoms with E-state index >= 15 is 0 Å². The predicted octanol–water partition coefficient (Wildman–Crippen LogP) is 2.50. The Bertz CT molecular complexity index is 173. The predicted molar refractivity (Wildman–Crippen MR) is 60.5 cm³/mol. The summed E-state index contributed by atoms with van der Waals surface area (Å²) in [6, 6.07) is 0.433. The van der Waals surface area contributed by atoms with Gasteiger partial charge in [-0.15, -0.1) is 0 Å². The van der Waals surface area contributed by atoms with Gasteiger partial charge in [-0.05, 0) is 39.2 Å². The van der Waals surface area contributed by atoms with Crippen LogP contribution in [0.25, 0.3) is 0 Å². The second kappa shape index (κ2) is 6.20. The highest BCUT2D eigenvalue weighted by atomic mass is 16.5. The van der Waals surface area contributed by atoms with Crippen LogP contribution in [0.2, 0.25) is 0 Å². The van der Waals surface area contributed by atoms with E-state index in [2.05, 4.69) is 25.7 Å². The average molecular weight is 197 g/mol. The van der Waals surface area contributed by atoms with Crippen molar-refractivity contribution in [1.29, 1.82) is 0 Å². The first kappa shape index (κ1) is 11.7. The fraction of sp³-hybridized carbons (Fsp3) is 0.833. The summed E-state index contributed by atoms with van der Waals surface area (Å²) in [6.45, 7) is 10.2. The molecule has 2 atom stereocenters. The summed E-state index contributed by atoms with van der Waals surface area (Å²) in [6.07, 6.45) is 5.30. The van der Waals surface area contributed by atoms with Crippen molar-refractivity contribution in [2.24, 2.45) is 0 Å². The van der Waals surface area contributed by atoms with E-state index < -0.39 is 0 Å². The topological polar surface area (TPSA) is 21.3 Å². The lowest BCUT2D eigenvalue weighted by molar-refractivity contribution is 0.00737. The molecule has 1 fully saturated rings. The van der Waals surface area contributed by atoms with Gasteiger partial charge in [-0.2, -0.15) is 0 Å². The summed E-state index contributed by atoms with van der Waals surface area (Å²) >= 11 is 0. The standard InChI is InChI=1S/C12H23NO/c1-4-13-12(10(2)3)9-11-7-5-6-8-14-11/h11-13H,2,4-9H2,1,3H3. The lowest BCUT2D eigenvalue weighted by Crippen LogP contribution is -2.35. The lowest BCUT2D eigenvalue weighted by atomic mass is 9.98. The van der Waals surface area contributed by atoms with Crippen molar-refractivity contribution in [3.8, 4) is 0 Å². The molecule has 0 aromatic heterocycles. The van der Waals surface area contributed by atoms with E-state index in [1.165, 1.54) is 24.8 Å². The van der Waals surface area contributed by atoms with Gasteiger partial charge in [0.25, 0.3) is 0 Å². The van der Waals surface area contributed by atoms with Crippen LogP contribution in [0.4, 0.5) is 0 Å². The van der Waals surface area contributed by atoms with Crippen LogP contribution in [0.1, 0.15) is 39.5 Å². The van der Waals surface area contributed by atoms with Gasteiger partial charge in [-0.1, -0.05) is 19.1 Å². The molecule has 14 heavy (non-hydrogen) atoms. The molecule has 2 unspecified atom stereocenters. The van der Waals surface area contributed by atoms with Crippen molar-refractivity contribution in [2.45, 2.75) is 51.7 Å². The maximum atomic E-state index is 5.72. The van der Waals surface area contributed by atoms with Crippen molar-refractivity contribution in [2.75, 3.05) is 13.2 Å². The van der Waals surface area contributed by atoms with E-state index in [1.54, 1.807) is 0 Å². The summed E-state index contributed by atoms with van der Waals surface area (Å²) < 4.78 is 5.72. The Morgan fingerprint density at radius 1 is 1.57 bits per heavy atom. The Labute approximate surface area is 87.7 Å². The SMILES string of the molecule is C=C(C)C(CC1CCCCO1)NCC.